The Kier molecular flexibility index (Phi) is 50.8. The van der Waals surface area contributed by atoms with Crippen LogP contribution < -0.4 is 0 Å². The second-order valence-corrected chi connectivity index (χ2v) is 19.8. The zero-order valence-corrected chi connectivity index (χ0v) is 50.6. The molecule has 0 aromatic carbocycles. The zero-order valence-electron chi connectivity index (χ0n) is 50.6. The molecule has 1 heterocycles. The Hall–Kier alpha value is -6.18. The van der Waals surface area contributed by atoms with Crippen molar-refractivity contribution in [2.24, 2.45) is 0 Å². The number of esters is 3. The number of carbonyl (C=O) groups excluding carboxylic acids is 3. The van der Waals surface area contributed by atoms with Crippen molar-refractivity contribution in [2.75, 3.05) is 13.2 Å². The molecule has 6 unspecified atom stereocenters. The summed E-state index contributed by atoms with van der Waals surface area (Å²) in [4.78, 5) is 51.2. The van der Waals surface area contributed by atoms with Crippen LogP contribution in [0.3, 0.4) is 0 Å². The third-order valence-electron chi connectivity index (χ3n) is 12.5. The van der Waals surface area contributed by atoms with Gasteiger partial charge in [0.2, 0.25) is 0 Å². The first-order valence-electron chi connectivity index (χ1n) is 30.8. The first-order valence-corrected chi connectivity index (χ1v) is 30.8. The summed E-state index contributed by atoms with van der Waals surface area (Å²) in [5.41, 5.74) is 0. The van der Waals surface area contributed by atoms with Crippen LogP contribution in [0.2, 0.25) is 0 Å². The van der Waals surface area contributed by atoms with E-state index in [4.69, 9.17) is 23.7 Å². The van der Waals surface area contributed by atoms with Crippen molar-refractivity contribution in [3.8, 4) is 0 Å². The van der Waals surface area contributed by atoms with Gasteiger partial charge in [0.05, 0.1) is 6.61 Å². The monoisotopic (exact) mass is 1150 g/mol. The van der Waals surface area contributed by atoms with Crippen LogP contribution in [-0.2, 0) is 42.9 Å². The Labute approximate surface area is 500 Å². The van der Waals surface area contributed by atoms with E-state index in [0.29, 0.717) is 32.1 Å². The first kappa shape index (κ1) is 74.8. The summed E-state index contributed by atoms with van der Waals surface area (Å²) in [6.07, 6.45) is 73.1. The molecule has 0 aliphatic carbocycles. The van der Waals surface area contributed by atoms with E-state index in [1.807, 2.05) is 24.3 Å². The molecule has 1 aliphatic rings. The Morgan fingerprint density at radius 2 is 0.747 bits per heavy atom. The molecule has 0 aromatic rings. The zero-order chi connectivity index (χ0) is 60.3. The van der Waals surface area contributed by atoms with E-state index in [1.165, 1.54) is 0 Å². The fourth-order valence-electron chi connectivity index (χ4n) is 7.90. The Balaban J connectivity index is 2.81. The average molecular weight is 1150 g/mol. The fraction of sp³-hybridized carbons (Fsp3) is 0.521. The van der Waals surface area contributed by atoms with Gasteiger partial charge in [-0.25, -0.2) is 4.79 Å². The van der Waals surface area contributed by atoms with Crippen LogP contribution in [-0.4, -0.2) is 89.2 Å². The van der Waals surface area contributed by atoms with E-state index < -0.39 is 73.9 Å². The highest BCUT2D eigenvalue weighted by Crippen LogP contribution is 2.26. The number of aliphatic carboxylic acids is 1. The van der Waals surface area contributed by atoms with Gasteiger partial charge in [0.1, 0.15) is 18.8 Å². The van der Waals surface area contributed by atoms with Gasteiger partial charge in [0.15, 0.2) is 24.6 Å². The molecule has 6 atom stereocenters. The van der Waals surface area contributed by atoms with Gasteiger partial charge in [-0.05, 0) is 128 Å². The molecule has 0 saturated carbocycles. The number of unbranched alkanes of at least 4 members (excludes halogenated alkanes) is 5. The van der Waals surface area contributed by atoms with Crippen LogP contribution in [0.5, 0.6) is 0 Å². The van der Waals surface area contributed by atoms with Gasteiger partial charge < -0.3 is 39.0 Å². The summed E-state index contributed by atoms with van der Waals surface area (Å²) in [7, 11) is 0. The SMILES string of the molecule is CC/C=C\C/C=C\C/C=C\C/C=C\C/C=C\C/C=C\CCC(=O)OCC(COC1OC(C(=O)O)C(O)C(O)C1OC(=O)CCCCCCC/C=C\C/C=C\C/C=C\CC)OC(=O)CC/C=C\C/C=C\C/C=C\C/C=C\C/C=C\C/C=C\CC. The van der Waals surface area contributed by atoms with Crippen LogP contribution >= 0.6 is 0 Å². The first-order chi connectivity index (χ1) is 40.6. The van der Waals surface area contributed by atoms with Gasteiger partial charge in [-0.2, -0.15) is 0 Å². The number of carboxylic acid groups (broad SMARTS) is 1. The summed E-state index contributed by atoms with van der Waals surface area (Å²) >= 11 is 0. The Morgan fingerprint density at radius 1 is 0.398 bits per heavy atom. The summed E-state index contributed by atoms with van der Waals surface area (Å²) in [6, 6.07) is 0. The van der Waals surface area contributed by atoms with Crippen molar-refractivity contribution in [3.63, 3.8) is 0 Å². The third kappa shape index (κ3) is 46.0. The molecule has 0 aromatic heterocycles. The predicted molar refractivity (Wildman–Crippen MR) is 339 cm³/mol. The second kappa shape index (κ2) is 56.3. The molecule has 12 nitrogen and oxygen atoms in total. The van der Waals surface area contributed by atoms with Crippen LogP contribution in [0.25, 0.3) is 0 Å². The number of rotatable bonds is 49. The Bertz CT molecular complexity index is 2140. The lowest BCUT2D eigenvalue weighted by molar-refractivity contribution is -0.301. The molecule has 0 radical (unpaired) electrons. The summed E-state index contributed by atoms with van der Waals surface area (Å²) in [6.45, 7) is 5.50. The molecule has 0 spiro atoms. The topological polar surface area (TPSA) is 175 Å². The number of aliphatic hydroxyl groups excluding tert-OH is 2. The molecule has 0 bridgehead atoms. The van der Waals surface area contributed by atoms with Crippen LogP contribution in [0.1, 0.15) is 188 Å². The number of hydrogen-bond acceptors (Lipinski definition) is 11. The molecule has 1 rings (SSSR count). The molecule has 1 saturated heterocycles. The van der Waals surface area contributed by atoms with Crippen LogP contribution in [0, 0.1) is 0 Å². The van der Waals surface area contributed by atoms with Crippen molar-refractivity contribution < 1.29 is 58.2 Å². The molecule has 460 valence electrons. The molecule has 1 aliphatic heterocycles. The molecule has 1 fully saturated rings. The van der Waals surface area contributed by atoms with Gasteiger partial charge in [0.25, 0.3) is 0 Å². The minimum Gasteiger partial charge on any atom is -0.479 e. The van der Waals surface area contributed by atoms with E-state index in [1.54, 1.807) is 0 Å². The lowest BCUT2D eigenvalue weighted by Gasteiger charge is -2.40. The minimum atomic E-state index is -1.94. The maximum absolute atomic E-state index is 13.2. The number of carboxylic acids is 1. The Morgan fingerprint density at radius 3 is 1.14 bits per heavy atom. The molecule has 0 amide bonds. The predicted octanol–water partition coefficient (Wildman–Crippen LogP) is 16.4. The van der Waals surface area contributed by atoms with Gasteiger partial charge in [-0.15, -0.1) is 0 Å². The van der Waals surface area contributed by atoms with Gasteiger partial charge in [0, 0.05) is 19.3 Å². The van der Waals surface area contributed by atoms with Crippen LogP contribution in [0.15, 0.2) is 182 Å². The highest BCUT2D eigenvalue weighted by molar-refractivity contribution is 5.74. The van der Waals surface area contributed by atoms with E-state index in [9.17, 15) is 34.5 Å². The lowest BCUT2D eigenvalue weighted by Crippen LogP contribution is -2.61. The highest BCUT2D eigenvalue weighted by atomic mass is 16.7. The summed E-state index contributed by atoms with van der Waals surface area (Å²) in [5.74, 6) is -3.41. The normalized spacial score (nSPS) is 18.9. The molecular weight excluding hydrogens is 1040 g/mol. The van der Waals surface area contributed by atoms with E-state index in [2.05, 4.69) is 179 Å². The number of aliphatic hydroxyl groups is 2. The van der Waals surface area contributed by atoms with Crippen molar-refractivity contribution in [3.05, 3.63) is 182 Å². The summed E-state index contributed by atoms with van der Waals surface area (Å²) < 4.78 is 28.3. The smallest absolute Gasteiger partial charge is 0.335 e. The lowest BCUT2D eigenvalue weighted by atomic mass is 9.98. The van der Waals surface area contributed by atoms with Crippen molar-refractivity contribution >= 4 is 23.9 Å². The number of ether oxygens (including phenoxy) is 5. The maximum atomic E-state index is 13.2. The standard InChI is InChI=1S/C71H104O12/c1-4-7-10-13-16-19-22-25-28-30-32-34-37-39-42-45-48-51-54-57-63(72)79-60-62(81-64(73)58-55-52-49-46-43-41-38-35-33-31-29-26-23-20-17-14-11-8-5-2)61-80-71-69(67(76)66(75)68(83-71)70(77)78)82-65(74)59-56-53-50-47-44-40-36-27-24-21-18-15-12-9-6-3/h7-12,16-21,25-29,32-36,39,41-43,48-49,51-52,62,66-69,71,75-76H,4-6,13-15,22-24,30-31,37-38,40,44-47,50,53-61H2,1-3H3,(H,77,78)/b10-7-,11-8-,12-9-,19-16-,20-17-,21-18-,28-25-,29-26-,34-32-,35-33-,36-27-,42-39-,43-41-,51-48-,52-49-. The molecule has 83 heavy (non-hydrogen) atoms. The maximum Gasteiger partial charge on any atom is 0.335 e. The van der Waals surface area contributed by atoms with E-state index in [-0.39, 0.29) is 19.3 Å². The van der Waals surface area contributed by atoms with Gasteiger partial charge in [-0.1, -0.05) is 222 Å². The molecular formula is C71H104O12. The average Bonchev–Trinajstić information content (AvgIpc) is 3.58. The number of hydrogen-bond donors (Lipinski definition) is 3. The highest BCUT2D eigenvalue weighted by Gasteiger charge is 2.50. The van der Waals surface area contributed by atoms with Crippen molar-refractivity contribution in [1.82, 2.24) is 0 Å². The summed E-state index contributed by atoms with van der Waals surface area (Å²) in [5, 5.41) is 31.5. The number of carbonyl (C=O) groups is 4. The van der Waals surface area contributed by atoms with Gasteiger partial charge in [-0.3, -0.25) is 14.4 Å². The minimum absolute atomic E-state index is 0.00789. The molecule has 3 N–H and O–H groups in total. The quantitative estimate of drug-likeness (QED) is 0.0228. The number of allylic oxidation sites excluding steroid dienone is 30. The second-order valence-electron chi connectivity index (χ2n) is 19.8. The largest absolute Gasteiger partial charge is 0.479 e. The van der Waals surface area contributed by atoms with Gasteiger partial charge >= 0.3 is 23.9 Å². The fourth-order valence-corrected chi connectivity index (χ4v) is 7.90. The van der Waals surface area contributed by atoms with E-state index in [0.717, 1.165) is 116 Å². The van der Waals surface area contributed by atoms with Crippen molar-refractivity contribution in [1.29, 1.82) is 0 Å². The van der Waals surface area contributed by atoms with E-state index >= 15 is 0 Å². The third-order valence-corrected chi connectivity index (χ3v) is 12.5. The van der Waals surface area contributed by atoms with Crippen molar-refractivity contribution in [2.45, 2.75) is 225 Å². The molecule has 12 heteroatoms. The van der Waals surface area contributed by atoms with Crippen LogP contribution in [0.4, 0.5) is 0 Å².